The lowest BCUT2D eigenvalue weighted by molar-refractivity contribution is -0.131. The van der Waals surface area contributed by atoms with Crippen LogP contribution in [0.1, 0.15) is 31.6 Å². The molecule has 0 saturated carbocycles. The van der Waals surface area contributed by atoms with E-state index in [-0.39, 0.29) is 11.9 Å². The molecule has 9 heteroatoms. The summed E-state index contributed by atoms with van der Waals surface area (Å²) in [5.74, 6) is 2.02. The Morgan fingerprint density at radius 1 is 1.16 bits per heavy atom. The molecule has 4 heterocycles. The van der Waals surface area contributed by atoms with E-state index in [2.05, 4.69) is 31.3 Å². The number of imidazole rings is 1. The van der Waals surface area contributed by atoms with Gasteiger partial charge >= 0.3 is 0 Å². The molecule has 3 aromatic heterocycles. The van der Waals surface area contributed by atoms with Gasteiger partial charge in [0.25, 0.3) is 0 Å². The van der Waals surface area contributed by atoms with Crippen LogP contribution in [0.4, 0.5) is 5.82 Å². The van der Waals surface area contributed by atoms with Gasteiger partial charge < -0.3 is 19.1 Å². The highest BCUT2D eigenvalue weighted by atomic mass is 16.5. The van der Waals surface area contributed by atoms with Crippen LogP contribution in [-0.4, -0.2) is 75.2 Å². The molecule has 1 saturated heterocycles. The summed E-state index contributed by atoms with van der Waals surface area (Å²) < 4.78 is 7.49. The number of methoxy groups -OCH3 is 1. The van der Waals surface area contributed by atoms with E-state index in [1.54, 1.807) is 31.9 Å². The lowest BCUT2D eigenvalue weighted by Gasteiger charge is -2.35. The lowest BCUT2D eigenvalue weighted by Crippen LogP contribution is -2.49. The van der Waals surface area contributed by atoms with E-state index < -0.39 is 0 Å². The fraction of sp³-hybridized carbons (Fsp3) is 0.500. The number of ether oxygens (including phenoxy) is 1. The van der Waals surface area contributed by atoms with Crippen molar-refractivity contribution < 1.29 is 9.53 Å². The van der Waals surface area contributed by atoms with Gasteiger partial charge in [-0.05, 0) is 25.5 Å². The number of hydrogen-bond acceptors (Lipinski definition) is 7. The van der Waals surface area contributed by atoms with Crippen LogP contribution in [0.25, 0.3) is 11.2 Å². The van der Waals surface area contributed by atoms with Crippen molar-refractivity contribution in [1.82, 2.24) is 29.4 Å². The Labute approximate surface area is 182 Å². The molecule has 1 amide bonds. The van der Waals surface area contributed by atoms with Crippen molar-refractivity contribution in [2.45, 2.75) is 32.2 Å². The molecular weight excluding hydrogens is 394 g/mol. The molecule has 1 unspecified atom stereocenters. The molecule has 0 aromatic carbocycles. The van der Waals surface area contributed by atoms with Crippen LogP contribution in [0.2, 0.25) is 0 Å². The number of amides is 1. The molecule has 1 atom stereocenters. The molecular formula is C22H29N7O2. The van der Waals surface area contributed by atoms with E-state index >= 15 is 0 Å². The van der Waals surface area contributed by atoms with Gasteiger partial charge in [0, 0.05) is 64.7 Å². The zero-order valence-electron chi connectivity index (χ0n) is 18.1. The number of hydrogen-bond donors (Lipinski definition) is 0. The summed E-state index contributed by atoms with van der Waals surface area (Å²) in [5, 5.41) is 0. The Morgan fingerprint density at radius 2 is 2.00 bits per heavy atom. The average Bonchev–Trinajstić information content (AvgIpc) is 3.18. The van der Waals surface area contributed by atoms with Crippen LogP contribution < -0.4 is 4.90 Å². The maximum Gasteiger partial charge on any atom is 0.222 e. The first-order valence-electron chi connectivity index (χ1n) is 10.8. The first-order chi connectivity index (χ1) is 15.2. The number of carbonyl (C=O) groups excluding carboxylic acids is 1. The quantitative estimate of drug-likeness (QED) is 0.548. The molecule has 1 aliphatic heterocycles. The topological polar surface area (TPSA) is 89.3 Å². The standard InChI is InChI=1S/C22H29N7O2/c1-17(16-31-2)29-19(26-18-5-4-8-25-22(18)29)6-3-7-21(30)28-13-11-27(12-14-28)20-15-23-9-10-24-20/h4-5,8-10,15,17H,3,6-7,11-14,16H2,1-2H3. The molecule has 1 aliphatic rings. The summed E-state index contributed by atoms with van der Waals surface area (Å²) in [6, 6.07) is 4.00. The highest BCUT2D eigenvalue weighted by Crippen LogP contribution is 2.21. The van der Waals surface area contributed by atoms with Crippen molar-refractivity contribution in [3.63, 3.8) is 0 Å². The van der Waals surface area contributed by atoms with Crippen LogP contribution in [0.15, 0.2) is 36.9 Å². The largest absolute Gasteiger partial charge is 0.383 e. The Kier molecular flexibility index (Phi) is 6.71. The highest BCUT2D eigenvalue weighted by molar-refractivity contribution is 5.76. The molecule has 31 heavy (non-hydrogen) atoms. The van der Waals surface area contributed by atoms with Crippen molar-refractivity contribution in [3.8, 4) is 0 Å². The van der Waals surface area contributed by atoms with E-state index in [0.717, 1.165) is 48.7 Å². The second-order valence-corrected chi connectivity index (χ2v) is 7.83. The van der Waals surface area contributed by atoms with Gasteiger partial charge in [-0.3, -0.25) is 9.78 Å². The molecule has 0 radical (unpaired) electrons. The maximum atomic E-state index is 12.7. The van der Waals surface area contributed by atoms with Gasteiger partial charge in [0.1, 0.15) is 17.2 Å². The van der Waals surface area contributed by atoms with Crippen molar-refractivity contribution in [3.05, 3.63) is 42.7 Å². The second kappa shape index (κ2) is 9.82. The summed E-state index contributed by atoms with van der Waals surface area (Å²) in [4.78, 5) is 34.6. The third kappa shape index (κ3) is 4.82. The monoisotopic (exact) mass is 423 g/mol. The summed E-state index contributed by atoms with van der Waals surface area (Å²) in [6.07, 6.45) is 8.92. The van der Waals surface area contributed by atoms with Gasteiger partial charge in [0.15, 0.2) is 5.65 Å². The van der Waals surface area contributed by atoms with E-state index in [1.165, 1.54) is 0 Å². The molecule has 4 rings (SSSR count). The summed E-state index contributed by atoms with van der Waals surface area (Å²) >= 11 is 0. The molecule has 164 valence electrons. The predicted octanol–water partition coefficient (Wildman–Crippen LogP) is 2.10. The number of piperazine rings is 1. The second-order valence-electron chi connectivity index (χ2n) is 7.83. The van der Waals surface area contributed by atoms with E-state index in [0.29, 0.717) is 26.1 Å². The van der Waals surface area contributed by atoms with E-state index in [4.69, 9.17) is 9.72 Å². The van der Waals surface area contributed by atoms with Crippen molar-refractivity contribution in [1.29, 1.82) is 0 Å². The van der Waals surface area contributed by atoms with Crippen LogP contribution in [0.5, 0.6) is 0 Å². The number of fused-ring (bicyclic) bond motifs is 1. The number of aryl methyl sites for hydroxylation is 1. The van der Waals surface area contributed by atoms with Crippen LogP contribution in [-0.2, 0) is 16.0 Å². The Bertz CT molecular complexity index is 1000. The van der Waals surface area contributed by atoms with Gasteiger partial charge in [0.05, 0.1) is 18.8 Å². The van der Waals surface area contributed by atoms with E-state index in [9.17, 15) is 4.79 Å². The number of rotatable bonds is 8. The first-order valence-corrected chi connectivity index (χ1v) is 10.8. The fourth-order valence-corrected chi connectivity index (χ4v) is 4.13. The Balaban J connectivity index is 1.33. The molecule has 0 bridgehead atoms. The minimum absolute atomic E-state index is 0.129. The molecule has 3 aromatic rings. The highest BCUT2D eigenvalue weighted by Gasteiger charge is 2.22. The summed E-state index contributed by atoms with van der Waals surface area (Å²) in [6.45, 7) is 5.67. The summed E-state index contributed by atoms with van der Waals surface area (Å²) in [5.41, 5.74) is 1.75. The smallest absolute Gasteiger partial charge is 0.222 e. The molecule has 0 spiro atoms. The minimum Gasteiger partial charge on any atom is -0.383 e. The van der Waals surface area contributed by atoms with Crippen LogP contribution >= 0.6 is 0 Å². The van der Waals surface area contributed by atoms with Gasteiger partial charge in [-0.1, -0.05) is 0 Å². The van der Waals surface area contributed by atoms with Crippen molar-refractivity contribution in [2.24, 2.45) is 0 Å². The number of carbonyl (C=O) groups is 1. The SMILES string of the molecule is COCC(C)n1c(CCCC(=O)N2CCN(c3cnccn3)CC2)nc2cccnc21. The van der Waals surface area contributed by atoms with E-state index in [1.807, 2.05) is 17.0 Å². The number of pyridine rings is 1. The lowest BCUT2D eigenvalue weighted by atomic mass is 10.2. The Morgan fingerprint density at radius 3 is 2.74 bits per heavy atom. The third-order valence-corrected chi connectivity index (χ3v) is 5.67. The van der Waals surface area contributed by atoms with Gasteiger partial charge in [0.2, 0.25) is 5.91 Å². The maximum absolute atomic E-state index is 12.7. The van der Waals surface area contributed by atoms with Gasteiger partial charge in [-0.15, -0.1) is 0 Å². The number of nitrogens with zero attached hydrogens (tertiary/aromatic N) is 7. The molecule has 0 aliphatic carbocycles. The third-order valence-electron chi connectivity index (χ3n) is 5.67. The fourth-order valence-electron chi connectivity index (χ4n) is 4.13. The summed E-state index contributed by atoms with van der Waals surface area (Å²) in [7, 11) is 1.70. The van der Waals surface area contributed by atoms with Crippen molar-refractivity contribution >= 4 is 22.9 Å². The molecule has 0 N–H and O–H groups in total. The molecule has 9 nitrogen and oxygen atoms in total. The van der Waals surface area contributed by atoms with Crippen molar-refractivity contribution in [2.75, 3.05) is 44.8 Å². The normalized spacial score (nSPS) is 15.4. The predicted molar refractivity (Wildman–Crippen MR) is 118 cm³/mol. The molecule has 1 fully saturated rings. The Hall–Kier alpha value is -3.07. The minimum atomic E-state index is 0.129. The zero-order chi connectivity index (χ0) is 21.6. The zero-order valence-corrected chi connectivity index (χ0v) is 18.1. The van der Waals surface area contributed by atoms with Gasteiger partial charge in [-0.2, -0.15) is 0 Å². The van der Waals surface area contributed by atoms with Crippen LogP contribution in [0, 0.1) is 0 Å². The van der Waals surface area contributed by atoms with Crippen LogP contribution in [0.3, 0.4) is 0 Å². The first kappa shape index (κ1) is 21.2. The average molecular weight is 424 g/mol. The van der Waals surface area contributed by atoms with Gasteiger partial charge in [-0.25, -0.2) is 15.0 Å². The number of anilines is 1. The number of aromatic nitrogens is 5.